The molecule has 0 N–H and O–H groups in total. The first kappa shape index (κ1) is 14.6. The van der Waals surface area contributed by atoms with Crippen molar-refractivity contribution in [2.45, 2.75) is 6.92 Å². The largest absolute Gasteiger partial charge is 0.261 e. The summed E-state index contributed by atoms with van der Waals surface area (Å²) < 4.78 is 0. The highest BCUT2D eigenvalue weighted by Crippen LogP contribution is 2.22. The van der Waals surface area contributed by atoms with E-state index in [1.165, 1.54) is 16.2 Å². The highest BCUT2D eigenvalue weighted by Gasteiger charge is 1.94. The van der Waals surface area contributed by atoms with Crippen LogP contribution in [-0.4, -0.2) is 4.98 Å². The molecule has 4 aromatic rings. The molecule has 1 nitrogen and oxygen atoms in total. The normalized spacial score (nSPS) is 10.3. The van der Waals surface area contributed by atoms with E-state index in [4.69, 9.17) is 11.6 Å². The van der Waals surface area contributed by atoms with Gasteiger partial charge in [-0.1, -0.05) is 72.3 Å². The molecule has 0 aliphatic heterocycles. The Morgan fingerprint density at radius 3 is 1.95 bits per heavy atom. The molecule has 0 bridgehead atoms. The van der Waals surface area contributed by atoms with Crippen molar-refractivity contribution >= 4 is 33.1 Å². The zero-order valence-corrected chi connectivity index (χ0v) is 13.1. The van der Waals surface area contributed by atoms with Gasteiger partial charge in [0.15, 0.2) is 0 Å². The molecule has 0 aliphatic carbocycles. The number of hydrogen-bond acceptors (Lipinski definition) is 1. The van der Waals surface area contributed by atoms with Crippen molar-refractivity contribution in [3.8, 4) is 0 Å². The van der Waals surface area contributed by atoms with Gasteiger partial charge >= 0.3 is 0 Å². The third-order valence-corrected chi connectivity index (χ3v) is 3.94. The van der Waals surface area contributed by atoms with Gasteiger partial charge in [0, 0.05) is 27.7 Å². The van der Waals surface area contributed by atoms with Gasteiger partial charge in [0.05, 0.1) is 0 Å². The second-order valence-corrected chi connectivity index (χ2v) is 5.49. The van der Waals surface area contributed by atoms with Crippen molar-refractivity contribution in [1.29, 1.82) is 0 Å². The van der Waals surface area contributed by atoms with E-state index < -0.39 is 0 Å². The molecule has 0 aliphatic rings. The van der Waals surface area contributed by atoms with E-state index in [1.54, 1.807) is 0 Å². The lowest BCUT2D eigenvalue weighted by Crippen LogP contribution is -1.80. The van der Waals surface area contributed by atoms with Gasteiger partial charge in [-0.05, 0) is 29.8 Å². The number of fused-ring (bicyclic) bond motifs is 2. The highest BCUT2D eigenvalue weighted by atomic mass is 35.5. The maximum absolute atomic E-state index is 5.96. The van der Waals surface area contributed by atoms with Gasteiger partial charge in [0.2, 0.25) is 0 Å². The summed E-state index contributed by atoms with van der Waals surface area (Å²) in [5.41, 5.74) is 1.10. The maximum atomic E-state index is 5.96. The van der Waals surface area contributed by atoms with Crippen LogP contribution in [0, 0.1) is 6.92 Å². The molecule has 22 heavy (non-hydrogen) atoms. The lowest BCUT2D eigenvalue weighted by atomic mass is 10.1. The SMILES string of the molecule is Cc1nccc2ccccc12.Clc1cccc2ccccc12. The number of aryl methyl sites for hydroxylation is 1. The smallest absolute Gasteiger partial charge is 0.0484 e. The number of benzene rings is 3. The predicted molar refractivity (Wildman–Crippen MR) is 95.4 cm³/mol. The van der Waals surface area contributed by atoms with E-state index in [9.17, 15) is 0 Å². The summed E-state index contributed by atoms with van der Waals surface area (Å²) in [5.74, 6) is 0. The number of aromatic nitrogens is 1. The molecule has 108 valence electrons. The van der Waals surface area contributed by atoms with E-state index in [2.05, 4.69) is 29.2 Å². The van der Waals surface area contributed by atoms with Crippen molar-refractivity contribution in [1.82, 2.24) is 4.98 Å². The fourth-order valence-electron chi connectivity index (χ4n) is 2.46. The van der Waals surface area contributed by atoms with Crippen molar-refractivity contribution < 1.29 is 0 Å². The zero-order chi connectivity index (χ0) is 15.4. The maximum Gasteiger partial charge on any atom is 0.0484 e. The van der Waals surface area contributed by atoms with E-state index in [0.29, 0.717) is 0 Å². The highest BCUT2D eigenvalue weighted by molar-refractivity contribution is 6.35. The number of rotatable bonds is 0. The minimum absolute atomic E-state index is 0.822. The topological polar surface area (TPSA) is 12.9 Å². The van der Waals surface area contributed by atoms with Crippen LogP contribution in [0.2, 0.25) is 5.02 Å². The van der Waals surface area contributed by atoms with Crippen LogP contribution in [0.5, 0.6) is 0 Å². The Balaban J connectivity index is 0.000000131. The lowest BCUT2D eigenvalue weighted by Gasteiger charge is -1.97. The van der Waals surface area contributed by atoms with E-state index in [1.807, 2.05) is 61.7 Å². The van der Waals surface area contributed by atoms with Crippen LogP contribution in [0.4, 0.5) is 0 Å². The van der Waals surface area contributed by atoms with Crippen LogP contribution in [0.25, 0.3) is 21.5 Å². The van der Waals surface area contributed by atoms with Crippen molar-refractivity contribution in [3.63, 3.8) is 0 Å². The van der Waals surface area contributed by atoms with Crippen LogP contribution < -0.4 is 0 Å². The lowest BCUT2D eigenvalue weighted by molar-refractivity contribution is 1.24. The van der Waals surface area contributed by atoms with Gasteiger partial charge in [-0.15, -0.1) is 0 Å². The molecular formula is C20H16ClN. The van der Waals surface area contributed by atoms with Crippen molar-refractivity contribution in [2.24, 2.45) is 0 Å². The summed E-state index contributed by atoms with van der Waals surface area (Å²) >= 11 is 5.96. The molecule has 1 heterocycles. The minimum Gasteiger partial charge on any atom is -0.261 e. The van der Waals surface area contributed by atoms with Gasteiger partial charge in [-0.2, -0.15) is 0 Å². The molecule has 4 rings (SSSR count). The first-order chi connectivity index (χ1) is 10.8. The molecule has 0 fully saturated rings. The zero-order valence-electron chi connectivity index (χ0n) is 12.3. The van der Waals surface area contributed by atoms with Gasteiger partial charge in [-0.25, -0.2) is 0 Å². The molecule has 0 spiro atoms. The quantitative estimate of drug-likeness (QED) is 0.386. The standard InChI is InChI=1S/C10H7Cl.C10H9N/c11-10-7-3-5-8-4-1-2-6-9(8)10;1-8-10-5-3-2-4-9(10)6-7-11-8/h1-7H;2-7H,1H3. The first-order valence-electron chi connectivity index (χ1n) is 7.19. The molecular weight excluding hydrogens is 290 g/mol. The molecule has 1 aromatic heterocycles. The van der Waals surface area contributed by atoms with E-state index >= 15 is 0 Å². The van der Waals surface area contributed by atoms with E-state index in [-0.39, 0.29) is 0 Å². The Hall–Kier alpha value is -2.38. The van der Waals surface area contributed by atoms with Crippen LogP contribution in [0.3, 0.4) is 0 Å². The summed E-state index contributed by atoms with van der Waals surface area (Å²) in [6, 6.07) is 24.3. The molecule has 0 amide bonds. The monoisotopic (exact) mass is 305 g/mol. The molecule has 0 radical (unpaired) electrons. The van der Waals surface area contributed by atoms with E-state index in [0.717, 1.165) is 16.1 Å². The molecule has 3 aromatic carbocycles. The number of halogens is 1. The van der Waals surface area contributed by atoms with Crippen LogP contribution in [0.1, 0.15) is 5.69 Å². The number of pyridine rings is 1. The molecule has 0 saturated heterocycles. The molecule has 0 unspecified atom stereocenters. The summed E-state index contributed by atoms with van der Waals surface area (Å²) in [6.45, 7) is 2.03. The summed E-state index contributed by atoms with van der Waals surface area (Å²) in [6.07, 6.45) is 1.84. The van der Waals surface area contributed by atoms with Gasteiger partial charge in [0.1, 0.15) is 0 Å². The predicted octanol–water partition coefficient (Wildman–Crippen LogP) is 6.04. The summed E-state index contributed by atoms with van der Waals surface area (Å²) in [7, 11) is 0. The molecule has 2 heteroatoms. The third kappa shape index (κ3) is 3.10. The fraction of sp³-hybridized carbons (Fsp3) is 0.0500. The number of nitrogens with zero attached hydrogens (tertiary/aromatic N) is 1. The van der Waals surface area contributed by atoms with Gasteiger partial charge in [-0.3, -0.25) is 4.98 Å². The average Bonchev–Trinajstić information content (AvgIpc) is 2.57. The Kier molecular flexibility index (Phi) is 4.36. The summed E-state index contributed by atoms with van der Waals surface area (Å²) in [5, 5.41) is 5.65. The Morgan fingerprint density at radius 1 is 0.682 bits per heavy atom. The second kappa shape index (κ2) is 6.59. The Morgan fingerprint density at radius 2 is 1.27 bits per heavy atom. The Bertz CT molecular complexity index is 827. The van der Waals surface area contributed by atoms with Gasteiger partial charge in [0.25, 0.3) is 0 Å². The summed E-state index contributed by atoms with van der Waals surface area (Å²) in [4.78, 5) is 4.21. The van der Waals surface area contributed by atoms with Crippen LogP contribution in [0.15, 0.2) is 79.0 Å². The Labute approximate surface area is 135 Å². The van der Waals surface area contributed by atoms with Crippen LogP contribution in [-0.2, 0) is 0 Å². The first-order valence-corrected chi connectivity index (χ1v) is 7.57. The van der Waals surface area contributed by atoms with Crippen molar-refractivity contribution in [3.05, 3.63) is 89.7 Å². The van der Waals surface area contributed by atoms with Crippen molar-refractivity contribution in [2.75, 3.05) is 0 Å². The average molecular weight is 306 g/mol. The molecule has 0 saturated carbocycles. The minimum atomic E-state index is 0.822. The fourth-order valence-corrected chi connectivity index (χ4v) is 2.70. The van der Waals surface area contributed by atoms with Crippen LogP contribution >= 0.6 is 11.6 Å². The third-order valence-electron chi connectivity index (χ3n) is 3.61. The number of hydrogen-bond donors (Lipinski definition) is 0. The second-order valence-electron chi connectivity index (χ2n) is 5.08. The van der Waals surface area contributed by atoms with Gasteiger partial charge < -0.3 is 0 Å². The molecule has 0 atom stereocenters.